The van der Waals surface area contributed by atoms with Crippen LogP contribution in [0.1, 0.15) is 37.7 Å². The molecule has 116 valence electrons. The average molecular weight is 340 g/mol. The van der Waals surface area contributed by atoms with Crippen molar-refractivity contribution in [3.8, 4) is 0 Å². The molecule has 5 nitrogen and oxygen atoms in total. The molecule has 2 aliphatic rings. The van der Waals surface area contributed by atoms with Crippen molar-refractivity contribution in [3.63, 3.8) is 0 Å². The number of carbonyl (C=O) groups is 2. The third-order valence-electron chi connectivity index (χ3n) is 4.12. The Balaban J connectivity index is 1.81. The third kappa shape index (κ3) is 2.71. The fourth-order valence-corrected chi connectivity index (χ4v) is 3.39. The zero-order valence-corrected chi connectivity index (χ0v) is 13.3. The molecule has 22 heavy (non-hydrogen) atoms. The minimum Gasteiger partial charge on any atom is -0.321 e. The summed E-state index contributed by atoms with van der Waals surface area (Å²) < 4.78 is 0. The molecule has 1 saturated carbocycles. The smallest absolute Gasteiger partial charge is 0.321 e. The second-order valence-corrected chi connectivity index (χ2v) is 6.44. The van der Waals surface area contributed by atoms with Crippen LogP contribution in [-0.2, 0) is 4.79 Å². The first-order chi connectivity index (χ1) is 10.5. The van der Waals surface area contributed by atoms with Crippen molar-refractivity contribution in [2.45, 2.75) is 37.6 Å². The zero-order valence-electron chi connectivity index (χ0n) is 11.8. The van der Waals surface area contributed by atoms with E-state index in [4.69, 9.17) is 23.2 Å². The molecule has 3 rings (SSSR count). The first-order valence-corrected chi connectivity index (χ1v) is 7.93. The SMILES string of the molecule is O=C1NC2(CCCCC2)C(=O)N1/N=C\c1ccc(Cl)cc1Cl. The minimum atomic E-state index is -0.767. The molecule has 0 radical (unpaired) electrons. The molecule has 1 spiro atoms. The van der Waals surface area contributed by atoms with Crippen LogP contribution in [0.15, 0.2) is 23.3 Å². The van der Waals surface area contributed by atoms with E-state index in [1.807, 2.05) is 0 Å². The largest absolute Gasteiger partial charge is 0.346 e. The van der Waals surface area contributed by atoms with E-state index in [0.717, 1.165) is 24.3 Å². The molecule has 1 aromatic rings. The first-order valence-electron chi connectivity index (χ1n) is 7.18. The van der Waals surface area contributed by atoms with Crippen LogP contribution in [-0.4, -0.2) is 28.7 Å². The Labute approximate surface area is 138 Å². The first kappa shape index (κ1) is 15.3. The molecule has 1 aliphatic heterocycles. The van der Waals surface area contributed by atoms with Gasteiger partial charge in [0.05, 0.1) is 11.2 Å². The number of hydrogen-bond donors (Lipinski definition) is 1. The van der Waals surface area contributed by atoms with E-state index in [0.29, 0.717) is 28.5 Å². The molecule has 1 N–H and O–H groups in total. The predicted molar refractivity (Wildman–Crippen MR) is 85.2 cm³/mol. The molecule has 1 aromatic carbocycles. The summed E-state index contributed by atoms with van der Waals surface area (Å²) in [5.74, 6) is -0.279. The molecule has 0 bridgehead atoms. The van der Waals surface area contributed by atoms with Gasteiger partial charge in [0.1, 0.15) is 5.54 Å². The number of amides is 3. The Morgan fingerprint density at radius 3 is 2.59 bits per heavy atom. The standard InChI is InChI=1S/C15H15Cl2N3O2/c16-11-5-4-10(12(17)8-11)9-18-20-13(21)15(19-14(20)22)6-2-1-3-7-15/h4-5,8-9H,1-3,6-7H2,(H,19,22)/b18-9-. The van der Waals surface area contributed by atoms with E-state index < -0.39 is 11.6 Å². The van der Waals surface area contributed by atoms with Gasteiger partial charge < -0.3 is 5.32 Å². The number of benzene rings is 1. The molecule has 7 heteroatoms. The van der Waals surface area contributed by atoms with Gasteiger partial charge in [0.25, 0.3) is 5.91 Å². The van der Waals surface area contributed by atoms with Gasteiger partial charge in [-0.05, 0) is 25.0 Å². The van der Waals surface area contributed by atoms with Gasteiger partial charge in [-0.15, -0.1) is 5.01 Å². The lowest BCUT2D eigenvalue weighted by Gasteiger charge is -2.29. The van der Waals surface area contributed by atoms with Crippen molar-refractivity contribution < 1.29 is 9.59 Å². The molecular weight excluding hydrogens is 325 g/mol. The van der Waals surface area contributed by atoms with E-state index in [-0.39, 0.29) is 5.91 Å². The summed E-state index contributed by atoms with van der Waals surface area (Å²) >= 11 is 11.9. The van der Waals surface area contributed by atoms with E-state index in [2.05, 4.69) is 10.4 Å². The highest BCUT2D eigenvalue weighted by Gasteiger charge is 2.51. The van der Waals surface area contributed by atoms with Gasteiger partial charge in [0.15, 0.2) is 0 Å². The van der Waals surface area contributed by atoms with Crippen molar-refractivity contribution >= 4 is 41.4 Å². The number of hydrazone groups is 1. The maximum Gasteiger partial charge on any atom is 0.346 e. The van der Waals surface area contributed by atoms with Crippen molar-refractivity contribution in [2.24, 2.45) is 5.10 Å². The summed E-state index contributed by atoms with van der Waals surface area (Å²) in [4.78, 5) is 24.6. The van der Waals surface area contributed by atoms with Crippen LogP contribution in [0, 0.1) is 0 Å². The third-order valence-corrected chi connectivity index (χ3v) is 4.68. The summed E-state index contributed by atoms with van der Waals surface area (Å²) in [6, 6.07) is 4.46. The highest BCUT2D eigenvalue weighted by molar-refractivity contribution is 6.36. The van der Waals surface area contributed by atoms with E-state index in [1.165, 1.54) is 6.21 Å². The number of rotatable bonds is 2. The number of nitrogens with one attached hydrogen (secondary N) is 1. The molecule has 0 aromatic heterocycles. The van der Waals surface area contributed by atoms with Gasteiger partial charge in [-0.3, -0.25) is 4.79 Å². The van der Waals surface area contributed by atoms with Crippen LogP contribution in [0.25, 0.3) is 0 Å². The molecule has 2 fully saturated rings. The maximum absolute atomic E-state index is 12.5. The topological polar surface area (TPSA) is 61.8 Å². The van der Waals surface area contributed by atoms with Crippen molar-refractivity contribution in [2.75, 3.05) is 0 Å². The molecule has 3 amide bonds. The molecule has 1 saturated heterocycles. The lowest BCUT2D eigenvalue weighted by atomic mass is 9.82. The highest BCUT2D eigenvalue weighted by Crippen LogP contribution is 2.33. The van der Waals surface area contributed by atoms with Crippen molar-refractivity contribution in [1.82, 2.24) is 10.3 Å². The van der Waals surface area contributed by atoms with Crippen LogP contribution >= 0.6 is 23.2 Å². The van der Waals surface area contributed by atoms with Crippen molar-refractivity contribution in [3.05, 3.63) is 33.8 Å². The summed E-state index contributed by atoms with van der Waals surface area (Å²) in [6.45, 7) is 0. The summed E-state index contributed by atoms with van der Waals surface area (Å²) in [5, 5.41) is 8.64. The Morgan fingerprint density at radius 2 is 1.91 bits per heavy atom. The van der Waals surface area contributed by atoms with E-state index in [9.17, 15) is 9.59 Å². The number of urea groups is 1. The van der Waals surface area contributed by atoms with Crippen molar-refractivity contribution in [1.29, 1.82) is 0 Å². The minimum absolute atomic E-state index is 0.279. The van der Waals surface area contributed by atoms with Crippen LogP contribution in [0.4, 0.5) is 4.79 Å². The van der Waals surface area contributed by atoms with Gasteiger partial charge in [0, 0.05) is 10.6 Å². The molecular formula is C15H15Cl2N3O2. The Kier molecular flexibility index (Phi) is 4.10. The summed E-state index contributed by atoms with van der Waals surface area (Å²) in [5.41, 5.74) is -0.174. The number of imide groups is 1. The Morgan fingerprint density at radius 1 is 1.18 bits per heavy atom. The molecule has 0 unspecified atom stereocenters. The van der Waals surface area contributed by atoms with Gasteiger partial charge in [-0.25, -0.2) is 4.79 Å². The highest BCUT2D eigenvalue weighted by atomic mass is 35.5. The maximum atomic E-state index is 12.5. The molecule has 1 aliphatic carbocycles. The number of halogens is 2. The van der Waals surface area contributed by atoms with Crippen LogP contribution in [0.5, 0.6) is 0 Å². The molecule has 0 atom stereocenters. The van der Waals surface area contributed by atoms with Gasteiger partial charge in [-0.1, -0.05) is 48.5 Å². The lowest BCUT2D eigenvalue weighted by Crippen LogP contribution is -2.48. The average Bonchev–Trinajstić information content (AvgIpc) is 2.71. The monoisotopic (exact) mass is 339 g/mol. The number of nitrogens with zero attached hydrogens (tertiary/aromatic N) is 2. The number of carbonyl (C=O) groups excluding carboxylic acids is 2. The fourth-order valence-electron chi connectivity index (χ4n) is 2.93. The quantitative estimate of drug-likeness (QED) is 0.661. The Hall–Kier alpha value is -1.59. The normalized spacial score (nSPS) is 20.9. The van der Waals surface area contributed by atoms with Crippen LogP contribution in [0.2, 0.25) is 10.0 Å². The summed E-state index contributed by atoms with van der Waals surface area (Å²) in [7, 11) is 0. The van der Waals surface area contributed by atoms with Gasteiger partial charge >= 0.3 is 6.03 Å². The Bertz CT molecular complexity index is 654. The van der Waals surface area contributed by atoms with E-state index >= 15 is 0 Å². The zero-order chi connectivity index (χ0) is 15.7. The summed E-state index contributed by atoms with van der Waals surface area (Å²) in [6.07, 6.45) is 5.71. The van der Waals surface area contributed by atoms with Gasteiger partial charge in [0.2, 0.25) is 0 Å². The predicted octanol–water partition coefficient (Wildman–Crippen LogP) is 3.58. The number of hydrogen-bond acceptors (Lipinski definition) is 3. The van der Waals surface area contributed by atoms with Crippen LogP contribution in [0.3, 0.4) is 0 Å². The lowest BCUT2D eigenvalue weighted by molar-refractivity contribution is -0.132. The second kappa shape index (κ2) is 5.89. The second-order valence-electron chi connectivity index (χ2n) is 5.60. The molecule has 1 heterocycles. The van der Waals surface area contributed by atoms with E-state index in [1.54, 1.807) is 18.2 Å². The fraction of sp³-hybridized carbons (Fsp3) is 0.400. The van der Waals surface area contributed by atoms with Crippen LogP contribution < -0.4 is 5.32 Å². The van der Waals surface area contributed by atoms with Gasteiger partial charge in [-0.2, -0.15) is 5.10 Å².